The van der Waals surface area contributed by atoms with Crippen molar-refractivity contribution in [1.82, 2.24) is 10.2 Å². The summed E-state index contributed by atoms with van der Waals surface area (Å²) in [5.74, 6) is -0.286. The fraction of sp³-hybridized carbons (Fsp3) is 0.818. The predicted molar refractivity (Wildman–Crippen MR) is 61.6 cm³/mol. The second-order valence-electron chi connectivity index (χ2n) is 5.09. The standard InChI is InChI=1S/C11H21N3O2/c1-11(2,10(12)16)7-13-6-9(15)14(3)8-4-5-8/h8,13H,4-7H2,1-3H3,(H2,12,16). The van der Waals surface area contributed by atoms with Gasteiger partial charge in [0.05, 0.1) is 12.0 Å². The molecule has 92 valence electrons. The number of hydrogen-bond acceptors (Lipinski definition) is 3. The van der Waals surface area contributed by atoms with Crippen LogP contribution >= 0.6 is 0 Å². The molecule has 0 spiro atoms. The molecule has 1 rings (SSSR count). The van der Waals surface area contributed by atoms with Crippen molar-refractivity contribution in [3.05, 3.63) is 0 Å². The van der Waals surface area contributed by atoms with Gasteiger partial charge in [-0.2, -0.15) is 0 Å². The number of hydrogen-bond donors (Lipinski definition) is 2. The number of carbonyl (C=O) groups is 2. The Bertz CT molecular complexity index is 285. The molecule has 1 aliphatic carbocycles. The lowest BCUT2D eigenvalue weighted by atomic mass is 9.93. The maximum Gasteiger partial charge on any atom is 0.236 e. The first kappa shape index (κ1) is 13.0. The summed E-state index contributed by atoms with van der Waals surface area (Å²) in [5, 5.41) is 2.98. The number of amides is 2. The van der Waals surface area contributed by atoms with Crippen LogP contribution in [0.1, 0.15) is 26.7 Å². The molecule has 2 amide bonds. The Balaban J connectivity index is 2.24. The molecule has 0 aromatic rings. The molecule has 0 atom stereocenters. The third kappa shape index (κ3) is 3.48. The van der Waals surface area contributed by atoms with Crippen LogP contribution in [0, 0.1) is 5.41 Å². The van der Waals surface area contributed by atoms with Gasteiger partial charge in [0, 0.05) is 19.6 Å². The van der Waals surface area contributed by atoms with E-state index in [-0.39, 0.29) is 18.4 Å². The van der Waals surface area contributed by atoms with Gasteiger partial charge in [-0.1, -0.05) is 0 Å². The van der Waals surface area contributed by atoms with E-state index in [2.05, 4.69) is 5.32 Å². The zero-order valence-electron chi connectivity index (χ0n) is 10.2. The van der Waals surface area contributed by atoms with E-state index < -0.39 is 5.41 Å². The van der Waals surface area contributed by atoms with Crippen molar-refractivity contribution in [3.63, 3.8) is 0 Å². The molecule has 0 aromatic heterocycles. The van der Waals surface area contributed by atoms with Crippen LogP contribution in [-0.4, -0.2) is 42.9 Å². The van der Waals surface area contributed by atoms with E-state index in [0.29, 0.717) is 12.6 Å². The highest BCUT2D eigenvalue weighted by Gasteiger charge is 2.30. The number of nitrogens with one attached hydrogen (secondary N) is 1. The normalized spacial score (nSPS) is 15.9. The molecule has 0 bridgehead atoms. The first-order valence-corrected chi connectivity index (χ1v) is 5.61. The molecule has 0 unspecified atom stereocenters. The van der Waals surface area contributed by atoms with Crippen LogP contribution in [0.25, 0.3) is 0 Å². The molecular weight excluding hydrogens is 206 g/mol. The van der Waals surface area contributed by atoms with Crippen LogP contribution in [0.3, 0.4) is 0 Å². The van der Waals surface area contributed by atoms with Gasteiger partial charge in [-0.05, 0) is 26.7 Å². The Morgan fingerprint density at radius 2 is 2.00 bits per heavy atom. The summed E-state index contributed by atoms with van der Waals surface area (Å²) < 4.78 is 0. The SMILES string of the molecule is CN(C(=O)CNCC(C)(C)C(N)=O)C1CC1. The zero-order valence-corrected chi connectivity index (χ0v) is 10.2. The highest BCUT2D eigenvalue weighted by Crippen LogP contribution is 2.25. The average molecular weight is 227 g/mol. The molecule has 16 heavy (non-hydrogen) atoms. The van der Waals surface area contributed by atoms with Gasteiger partial charge < -0.3 is 16.0 Å². The lowest BCUT2D eigenvalue weighted by molar-refractivity contribution is -0.130. The number of likely N-dealkylation sites (N-methyl/N-ethyl adjacent to an activating group) is 1. The first-order chi connectivity index (χ1) is 7.34. The Morgan fingerprint density at radius 1 is 1.44 bits per heavy atom. The van der Waals surface area contributed by atoms with Crippen molar-refractivity contribution in [2.75, 3.05) is 20.1 Å². The number of nitrogens with zero attached hydrogens (tertiary/aromatic N) is 1. The summed E-state index contributed by atoms with van der Waals surface area (Å²) in [4.78, 5) is 24.4. The van der Waals surface area contributed by atoms with Crippen molar-refractivity contribution in [2.24, 2.45) is 11.1 Å². The maximum atomic E-state index is 11.6. The minimum absolute atomic E-state index is 0.0720. The molecule has 0 aromatic carbocycles. The second kappa shape index (κ2) is 4.82. The molecule has 3 N–H and O–H groups in total. The minimum atomic E-state index is -0.613. The molecule has 0 radical (unpaired) electrons. The van der Waals surface area contributed by atoms with Gasteiger partial charge in [-0.25, -0.2) is 0 Å². The fourth-order valence-electron chi connectivity index (χ4n) is 1.36. The quantitative estimate of drug-likeness (QED) is 0.654. The number of carbonyl (C=O) groups excluding carboxylic acids is 2. The second-order valence-corrected chi connectivity index (χ2v) is 5.09. The van der Waals surface area contributed by atoms with Crippen molar-refractivity contribution in [3.8, 4) is 0 Å². The van der Waals surface area contributed by atoms with Crippen LogP contribution in [-0.2, 0) is 9.59 Å². The Morgan fingerprint density at radius 3 is 2.44 bits per heavy atom. The third-order valence-corrected chi connectivity index (χ3v) is 3.00. The summed E-state index contributed by atoms with van der Waals surface area (Å²) >= 11 is 0. The van der Waals surface area contributed by atoms with Crippen LogP contribution < -0.4 is 11.1 Å². The van der Waals surface area contributed by atoms with Crippen molar-refractivity contribution < 1.29 is 9.59 Å². The first-order valence-electron chi connectivity index (χ1n) is 5.61. The summed E-state index contributed by atoms with van der Waals surface area (Å²) in [6.45, 7) is 4.21. The summed E-state index contributed by atoms with van der Waals surface area (Å²) in [7, 11) is 1.82. The van der Waals surface area contributed by atoms with Crippen molar-refractivity contribution in [1.29, 1.82) is 0 Å². The minimum Gasteiger partial charge on any atom is -0.369 e. The van der Waals surface area contributed by atoms with Crippen molar-refractivity contribution in [2.45, 2.75) is 32.7 Å². The van der Waals surface area contributed by atoms with Crippen molar-refractivity contribution >= 4 is 11.8 Å². The molecule has 1 aliphatic rings. The zero-order chi connectivity index (χ0) is 12.3. The monoisotopic (exact) mass is 227 g/mol. The van der Waals surface area contributed by atoms with Crippen LogP contribution in [0.15, 0.2) is 0 Å². The largest absolute Gasteiger partial charge is 0.369 e. The molecule has 1 fully saturated rings. The molecule has 5 heteroatoms. The van der Waals surface area contributed by atoms with Crippen LogP contribution in [0.2, 0.25) is 0 Å². The summed E-state index contributed by atoms with van der Waals surface area (Å²) in [5.41, 5.74) is 4.62. The Hall–Kier alpha value is -1.10. The number of rotatable bonds is 6. The number of nitrogens with two attached hydrogens (primary N) is 1. The van der Waals surface area contributed by atoms with E-state index in [4.69, 9.17) is 5.73 Å². The maximum absolute atomic E-state index is 11.6. The molecular formula is C11H21N3O2. The van der Waals surface area contributed by atoms with E-state index in [9.17, 15) is 9.59 Å². The third-order valence-electron chi connectivity index (χ3n) is 3.00. The van der Waals surface area contributed by atoms with Gasteiger partial charge in [0.2, 0.25) is 11.8 Å². The van der Waals surface area contributed by atoms with E-state index in [1.807, 2.05) is 7.05 Å². The molecule has 5 nitrogen and oxygen atoms in total. The van der Waals surface area contributed by atoms with Crippen LogP contribution in [0.4, 0.5) is 0 Å². The predicted octanol–water partition coefficient (Wildman–Crippen LogP) is -0.292. The average Bonchev–Trinajstić information content (AvgIpc) is 2.99. The van der Waals surface area contributed by atoms with Gasteiger partial charge in [0.15, 0.2) is 0 Å². The summed E-state index contributed by atoms with van der Waals surface area (Å²) in [6.07, 6.45) is 2.21. The Kier molecular flexibility index (Phi) is 3.91. The van der Waals surface area contributed by atoms with E-state index >= 15 is 0 Å². The molecule has 0 saturated heterocycles. The number of primary amides is 1. The lowest BCUT2D eigenvalue weighted by Crippen LogP contribution is -2.44. The van der Waals surface area contributed by atoms with Crippen LogP contribution in [0.5, 0.6) is 0 Å². The molecule has 0 aliphatic heterocycles. The molecule has 0 heterocycles. The van der Waals surface area contributed by atoms with Gasteiger partial charge in [-0.15, -0.1) is 0 Å². The highest BCUT2D eigenvalue weighted by atomic mass is 16.2. The smallest absolute Gasteiger partial charge is 0.236 e. The highest BCUT2D eigenvalue weighted by molar-refractivity contribution is 5.81. The van der Waals surface area contributed by atoms with Gasteiger partial charge >= 0.3 is 0 Å². The Labute approximate surface area is 96.4 Å². The van der Waals surface area contributed by atoms with Gasteiger partial charge in [0.1, 0.15) is 0 Å². The lowest BCUT2D eigenvalue weighted by Gasteiger charge is -2.22. The van der Waals surface area contributed by atoms with E-state index in [1.54, 1.807) is 18.7 Å². The molecule has 1 saturated carbocycles. The van der Waals surface area contributed by atoms with Gasteiger partial charge in [0.25, 0.3) is 0 Å². The van der Waals surface area contributed by atoms with E-state index in [1.165, 1.54) is 0 Å². The summed E-state index contributed by atoms with van der Waals surface area (Å²) in [6, 6.07) is 0.429. The van der Waals surface area contributed by atoms with Gasteiger partial charge in [-0.3, -0.25) is 9.59 Å². The fourth-order valence-corrected chi connectivity index (χ4v) is 1.36. The topological polar surface area (TPSA) is 75.4 Å². The van der Waals surface area contributed by atoms with E-state index in [0.717, 1.165) is 12.8 Å².